The molecule has 0 bridgehead atoms. The minimum absolute atomic E-state index is 0.0591. The first-order valence-electron chi connectivity index (χ1n) is 15.4. The summed E-state index contributed by atoms with van der Waals surface area (Å²) in [5.41, 5.74) is 6.00. The Labute approximate surface area is 243 Å². The van der Waals surface area contributed by atoms with Gasteiger partial charge in [0, 0.05) is 54.8 Å². The van der Waals surface area contributed by atoms with Gasteiger partial charge < -0.3 is 13.9 Å². The van der Waals surface area contributed by atoms with Crippen LogP contribution in [0.5, 0.6) is 0 Å². The van der Waals surface area contributed by atoms with Crippen LogP contribution in [0.4, 0.5) is 13.2 Å². The molecule has 0 N–H and O–H groups in total. The van der Waals surface area contributed by atoms with Gasteiger partial charge >= 0.3 is 6.18 Å². The number of nitrogens with zero attached hydrogens (tertiary/aromatic N) is 2. The van der Waals surface area contributed by atoms with E-state index in [-0.39, 0.29) is 28.9 Å². The molecule has 6 rings (SSSR count). The fraction of sp³-hybridized carbons (Fsp3) is 0.750. The number of halogens is 3. The SMILES string of the molecule is CC(C)c1nc2c(c3c1C(C1=CCC(C(F)(F)F)N=C1)OC31CCOCC1)C(O[Si](C)(C)C(C)(C)C)CC1(CC1)C2. The quantitative estimate of drug-likeness (QED) is 0.331. The third-order valence-electron chi connectivity index (χ3n) is 10.6. The van der Waals surface area contributed by atoms with E-state index in [1.54, 1.807) is 6.08 Å². The summed E-state index contributed by atoms with van der Waals surface area (Å²) >= 11 is 0. The van der Waals surface area contributed by atoms with Gasteiger partial charge in [0.1, 0.15) is 12.1 Å². The Morgan fingerprint density at radius 1 is 1.05 bits per heavy atom. The first-order valence-corrected chi connectivity index (χ1v) is 18.3. The van der Waals surface area contributed by atoms with Crippen LogP contribution in [0, 0.1) is 5.41 Å². The van der Waals surface area contributed by atoms with E-state index in [1.807, 2.05) is 0 Å². The van der Waals surface area contributed by atoms with Gasteiger partial charge in [-0.15, -0.1) is 0 Å². The molecule has 3 unspecified atom stereocenters. The average molecular weight is 591 g/mol. The molecule has 4 heterocycles. The Morgan fingerprint density at radius 3 is 2.27 bits per heavy atom. The number of alkyl halides is 3. The van der Waals surface area contributed by atoms with Crippen LogP contribution in [0.15, 0.2) is 16.6 Å². The van der Waals surface area contributed by atoms with Crippen molar-refractivity contribution in [2.75, 3.05) is 13.2 Å². The van der Waals surface area contributed by atoms with E-state index in [1.165, 1.54) is 30.2 Å². The molecule has 2 aliphatic carbocycles. The largest absolute Gasteiger partial charge is 0.411 e. The molecule has 226 valence electrons. The molecule has 3 atom stereocenters. The van der Waals surface area contributed by atoms with Crippen molar-refractivity contribution in [3.63, 3.8) is 0 Å². The van der Waals surface area contributed by atoms with Gasteiger partial charge in [-0.05, 0) is 72.7 Å². The number of aromatic nitrogens is 1. The summed E-state index contributed by atoms with van der Waals surface area (Å²) in [7, 11) is -2.13. The Balaban J connectivity index is 1.54. The molecular formula is C32H45F3N2O3Si. The minimum atomic E-state index is -4.36. The zero-order valence-corrected chi connectivity index (χ0v) is 26.6. The van der Waals surface area contributed by atoms with E-state index in [9.17, 15) is 13.2 Å². The lowest BCUT2D eigenvalue weighted by Gasteiger charge is -2.44. The number of rotatable bonds is 4. The number of aliphatic imine (C=N–C) groups is 1. The molecule has 2 spiro atoms. The van der Waals surface area contributed by atoms with Gasteiger partial charge in [0.25, 0.3) is 0 Å². The van der Waals surface area contributed by atoms with Gasteiger partial charge in [0.15, 0.2) is 8.32 Å². The fourth-order valence-corrected chi connectivity index (χ4v) is 8.32. The summed E-state index contributed by atoms with van der Waals surface area (Å²) in [4.78, 5) is 9.36. The van der Waals surface area contributed by atoms with Crippen LogP contribution in [0.3, 0.4) is 0 Å². The van der Waals surface area contributed by atoms with E-state index in [2.05, 4.69) is 52.7 Å². The maximum Gasteiger partial charge on any atom is 0.411 e. The first kappa shape index (κ1) is 29.5. The minimum Gasteiger partial charge on any atom is -0.410 e. The monoisotopic (exact) mass is 590 g/mol. The Kier molecular flexibility index (Phi) is 7.00. The Hall–Kier alpha value is -1.55. The van der Waals surface area contributed by atoms with Crippen molar-refractivity contribution in [2.24, 2.45) is 10.4 Å². The second-order valence-corrected chi connectivity index (χ2v) is 19.7. The molecule has 0 radical (unpaired) electrons. The smallest absolute Gasteiger partial charge is 0.410 e. The molecule has 1 aromatic heterocycles. The summed E-state index contributed by atoms with van der Waals surface area (Å²) in [6.45, 7) is 17.0. The van der Waals surface area contributed by atoms with E-state index in [4.69, 9.17) is 18.9 Å². The molecule has 1 aromatic rings. The molecule has 1 saturated carbocycles. The number of pyridine rings is 1. The Bertz CT molecular complexity index is 1270. The van der Waals surface area contributed by atoms with Crippen molar-refractivity contribution in [2.45, 2.75) is 134 Å². The van der Waals surface area contributed by atoms with Crippen LogP contribution >= 0.6 is 0 Å². The standard InChI is InChI=1S/C32H45F3N2O3Si/c1-19(2)27-25-26(24-21(37-27)16-30(10-11-30)17-22(24)40-41(6,7)29(3,4)5)31(12-14-38-15-13-31)39-28(25)20-8-9-23(36-18-20)32(33,34)35/h8,18-19,22-23,28H,9-17H2,1-7H3. The molecule has 0 aromatic carbocycles. The molecular weight excluding hydrogens is 545 g/mol. The van der Waals surface area contributed by atoms with Crippen molar-refractivity contribution in [3.05, 3.63) is 39.7 Å². The van der Waals surface area contributed by atoms with Gasteiger partial charge in [0.2, 0.25) is 0 Å². The van der Waals surface area contributed by atoms with Crippen molar-refractivity contribution in [3.8, 4) is 0 Å². The van der Waals surface area contributed by atoms with Crippen molar-refractivity contribution < 1.29 is 27.1 Å². The van der Waals surface area contributed by atoms with E-state index >= 15 is 0 Å². The highest BCUT2D eigenvalue weighted by molar-refractivity contribution is 6.74. The third kappa shape index (κ3) is 5.06. The van der Waals surface area contributed by atoms with Crippen LogP contribution in [0.25, 0.3) is 0 Å². The lowest BCUT2D eigenvalue weighted by Crippen LogP contribution is -2.44. The van der Waals surface area contributed by atoms with E-state index in [0.717, 1.165) is 29.8 Å². The zero-order chi connectivity index (χ0) is 29.6. The van der Waals surface area contributed by atoms with Gasteiger partial charge in [-0.3, -0.25) is 9.98 Å². The predicted octanol–water partition coefficient (Wildman–Crippen LogP) is 8.40. The van der Waals surface area contributed by atoms with Crippen LogP contribution in [-0.4, -0.2) is 44.9 Å². The summed E-state index contributed by atoms with van der Waals surface area (Å²) in [5.74, 6) is 0.135. The molecule has 41 heavy (non-hydrogen) atoms. The summed E-state index contributed by atoms with van der Waals surface area (Å²) < 4.78 is 60.6. The maximum atomic E-state index is 13.4. The topological polar surface area (TPSA) is 52.9 Å². The summed E-state index contributed by atoms with van der Waals surface area (Å²) in [5, 5.41) is 0.0591. The second-order valence-electron chi connectivity index (χ2n) is 14.9. The molecule has 0 amide bonds. The maximum absolute atomic E-state index is 13.4. The van der Waals surface area contributed by atoms with Crippen LogP contribution < -0.4 is 0 Å². The van der Waals surface area contributed by atoms with Crippen molar-refractivity contribution in [1.82, 2.24) is 4.98 Å². The molecule has 1 saturated heterocycles. The molecule has 5 aliphatic rings. The first-order chi connectivity index (χ1) is 19.1. The highest BCUT2D eigenvalue weighted by Gasteiger charge is 2.57. The second kappa shape index (κ2) is 9.73. The zero-order valence-electron chi connectivity index (χ0n) is 25.6. The van der Waals surface area contributed by atoms with E-state index in [0.29, 0.717) is 31.6 Å². The average Bonchev–Trinajstić information content (AvgIpc) is 3.55. The lowest BCUT2D eigenvalue weighted by atomic mass is 9.73. The number of fused-ring (bicyclic) bond motifs is 4. The van der Waals surface area contributed by atoms with Crippen LogP contribution in [-0.2, 0) is 25.9 Å². The van der Waals surface area contributed by atoms with Gasteiger partial charge in [0.05, 0.1) is 11.7 Å². The van der Waals surface area contributed by atoms with Crippen LogP contribution in [0.1, 0.15) is 119 Å². The number of dihydropyridines is 1. The number of ether oxygens (including phenoxy) is 2. The van der Waals surface area contributed by atoms with Crippen molar-refractivity contribution >= 4 is 14.5 Å². The third-order valence-corrected chi connectivity index (χ3v) is 15.1. The van der Waals surface area contributed by atoms with Gasteiger partial charge in [-0.25, -0.2) is 0 Å². The fourth-order valence-electron chi connectivity index (χ4n) is 7.05. The van der Waals surface area contributed by atoms with Gasteiger partial charge in [-0.2, -0.15) is 13.2 Å². The lowest BCUT2D eigenvalue weighted by molar-refractivity contribution is -0.146. The summed E-state index contributed by atoms with van der Waals surface area (Å²) in [6, 6.07) is -1.70. The van der Waals surface area contributed by atoms with Crippen molar-refractivity contribution in [1.29, 1.82) is 0 Å². The summed E-state index contributed by atoms with van der Waals surface area (Å²) in [6.07, 6.45) is 3.79. The predicted molar refractivity (Wildman–Crippen MR) is 156 cm³/mol. The van der Waals surface area contributed by atoms with E-state index < -0.39 is 32.2 Å². The highest BCUT2D eigenvalue weighted by Crippen LogP contribution is 2.63. The highest BCUT2D eigenvalue weighted by atomic mass is 28.4. The van der Waals surface area contributed by atoms with Gasteiger partial charge in [-0.1, -0.05) is 40.7 Å². The Morgan fingerprint density at radius 2 is 1.73 bits per heavy atom. The normalized spacial score (nSPS) is 28.7. The molecule has 5 nitrogen and oxygen atoms in total. The molecule has 2 fully saturated rings. The number of hydrogen-bond acceptors (Lipinski definition) is 5. The number of hydrogen-bond donors (Lipinski definition) is 0. The van der Waals surface area contributed by atoms with Crippen LogP contribution in [0.2, 0.25) is 18.1 Å². The molecule has 9 heteroatoms. The molecule has 3 aliphatic heterocycles.